The Bertz CT molecular complexity index is 1440. The van der Waals surface area contributed by atoms with Crippen LogP contribution < -0.4 is 10.1 Å². The molecule has 2 aromatic carbocycles. The van der Waals surface area contributed by atoms with Crippen LogP contribution >= 0.6 is 0 Å². The Hall–Kier alpha value is -3.82. The van der Waals surface area contributed by atoms with Gasteiger partial charge in [0.05, 0.1) is 42.0 Å². The van der Waals surface area contributed by atoms with E-state index in [2.05, 4.69) is 15.3 Å². The number of pyridine rings is 1. The molecule has 9 heteroatoms. The molecule has 2 N–H and O–H groups in total. The lowest BCUT2D eigenvalue weighted by atomic mass is 10.1. The van der Waals surface area contributed by atoms with E-state index in [4.69, 9.17) is 4.74 Å². The highest BCUT2D eigenvalue weighted by Crippen LogP contribution is 2.29. The Labute approximate surface area is 214 Å². The van der Waals surface area contributed by atoms with Gasteiger partial charge in [-0.05, 0) is 62.2 Å². The number of carbonyl (C=O) groups excluding carboxylic acids is 1. The summed E-state index contributed by atoms with van der Waals surface area (Å²) >= 11 is 0. The molecule has 0 amide bonds. The molecule has 0 radical (unpaired) electrons. The first-order valence-corrected chi connectivity index (χ1v) is 12.4. The van der Waals surface area contributed by atoms with Crippen molar-refractivity contribution in [2.45, 2.75) is 32.2 Å². The van der Waals surface area contributed by atoms with E-state index in [0.717, 1.165) is 30.5 Å². The zero-order valence-corrected chi connectivity index (χ0v) is 20.9. The molecule has 1 saturated heterocycles. The molecular weight excluding hydrogens is 473 g/mol. The highest BCUT2D eigenvalue weighted by Gasteiger charge is 2.25. The van der Waals surface area contributed by atoms with E-state index in [1.807, 2.05) is 41.6 Å². The maximum absolute atomic E-state index is 14.2. The van der Waals surface area contributed by atoms with Gasteiger partial charge in [0, 0.05) is 31.4 Å². The summed E-state index contributed by atoms with van der Waals surface area (Å²) in [6, 6.07) is 14.0. The van der Waals surface area contributed by atoms with Crippen molar-refractivity contribution in [3.63, 3.8) is 0 Å². The Morgan fingerprint density at radius 2 is 2.03 bits per heavy atom. The molecule has 2 aromatic heterocycles. The molecule has 0 spiro atoms. The summed E-state index contributed by atoms with van der Waals surface area (Å²) in [5, 5.41) is 12.6. The number of rotatable bonds is 9. The molecule has 1 atom stereocenters. The predicted molar refractivity (Wildman–Crippen MR) is 140 cm³/mol. The number of hydrogen-bond acceptors (Lipinski definition) is 7. The van der Waals surface area contributed by atoms with Crippen molar-refractivity contribution in [1.82, 2.24) is 19.4 Å². The van der Waals surface area contributed by atoms with Crippen LogP contribution in [0.15, 0.2) is 54.7 Å². The third kappa shape index (κ3) is 5.63. The summed E-state index contributed by atoms with van der Waals surface area (Å²) in [7, 11) is 1.86. The normalized spacial score (nSPS) is 15.8. The average molecular weight is 504 g/mol. The summed E-state index contributed by atoms with van der Waals surface area (Å²) < 4.78 is 22.2. The van der Waals surface area contributed by atoms with Gasteiger partial charge in [-0.1, -0.05) is 6.07 Å². The maximum atomic E-state index is 14.2. The topological polar surface area (TPSA) is 92.5 Å². The number of aryl methyl sites for hydroxylation is 2. The van der Waals surface area contributed by atoms with E-state index in [1.165, 1.54) is 6.07 Å². The SMILES string of the molecule is Cc1ccc(F)c(Nc2nc3cc(Oc4ccnc(CC(=O)CN5CCC[C@H]5CO)c4)ccc3n2C)c1. The van der Waals surface area contributed by atoms with Gasteiger partial charge in [-0.3, -0.25) is 14.7 Å². The van der Waals surface area contributed by atoms with Gasteiger partial charge in [-0.25, -0.2) is 9.37 Å². The summed E-state index contributed by atoms with van der Waals surface area (Å²) in [5.41, 5.74) is 3.51. The monoisotopic (exact) mass is 503 g/mol. The predicted octanol–water partition coefficient (Wildman–Crippen LogP) is 4.52. The Morgan fingerprint density at radius 1 is 1.19 bits per heavy atom. The first-order chi connectivity index (χ1) is 17.9. The fourth-order valence-electron chi connectivity index (χ4n) is 4.76. The van der Waals surface area contributed by atoms with Crippen LogP contribution in [-0.4, -0.2) is 56.1 Å². The first-order valence-electron chi connectivity index (χ1n) is 12.4. The molecule has 192 valence electrons. The van der Waals surface area contributed by atoms with Crippen LogP contribution in [0.5, 0.6) is 11.5 Å². The molecule has 1 fully saturated rings. The maximum Gasteiger partial charge on any atom is 0.208 e. The van der Waals surface area contributed by atoms with Crippen molar-refractivity contribution in [2.75, 3.05) is 25.0 Å². The largest absolute Gasteiger partial charge is 0.457 e. The minimum atomic E-state index is -0.345. The molecule has 3 heterocycles. The number of Topliss-reactive ketones (excluding diaryl/α,β-unsaturated/α-hetero) is 1. The molecule has 1 aliphatic rings. The van der Waals surface area contributed by atoms with Gasteiger partial charge in [0.15, 0.2) is 5.78 Å². The van der Waals surface area contributed by atoms with Gasteiger partial charge in [0.25, 0.3) is 0 Å². The number of nitrogens with zero attached hydrogens (tertiary/aromatic N) is 4. The van der Waals surface area contributed by atoms with E-state index in [9.17, 15) is 14.3 Å². The Kier molecular flexibility index (Phi) is 7.16. The number of anilines is 2. The number of likely N-dealkylation sites (tertiary alicyclic amines) is 1. The van der Waals surface area contributed by atoms with Gasteiger partial charge < -0.3 is 19.7 Å². The fraction of sp³-hybridized carbons (Fsp3) is 0.321. The number of aliphatic hydroxyl groups excluding tert-OH is 1. The van der Waals surface area contributed by atoms with Crippen LogP contribution in [-0.2, 0) is 18.3 Å². The standard InChI is InChI=1S/C28H30FN5O3/c1-18-5-7-24(29)25(12-18)31-28-32-26-15-22(6-8-27(26)33(28)2)37-23-9-10-30-19(14-23)13-21(36)16-34-11-3-4-20(34)17-35/h5-10,12,14-15,20,35H,3-4,11,13,16-17H2,1-2H3,(H,31,32)/t20-/m0/s1. The molecule has 5 rings (SSSR count). The van der Waals surface area contributed by atoms with E-state index < -0.39 is 0 Å². The van der Waals surface area contributed by atoms with Crippen molar-refractivity contribution in [1.29, 1.82) is 0 Å². The number of aromatic nitrogens is 3. The van der Waals surface area contributed by atoms with Crippen LogP contribution in [0, 0.1) is 12.7 Å². The third-order valence-electron chi connectivity index (χ3n) is 6.71. The van der Waals surface area contributed by atoms with Crippen molar-refractivity contribution in [3.8, 4) is 11.5 Å². The number of aliphatic hydroxyl groups is 1. The molecule has 0 aliphatic carbocycles. The quantitative estimate of drug-likeness (QED) is 0.347. The minimum absolute atomic E-state index is 0.0602. The second-order valence-electron chi connectivity index (χ2n) is 9.50. The second kappa shape index (κ2) is 10.7. The molecule has 0 bridgehead atoms. The lowest BCUT2D eigenvalue weighted by Crippen LogP contribution is -2.37. The van der Waals surface area contributed by atoms with Crippen molar-refractivity contribution < 1.29 is 19.0 Å². The highest BCUT2D eigenvalue weighted by atomic mass is 19.1. The molecule has 0 unspecified atom stereocenters. The van der Waals surface area contributed by atoms with Crippen LogP contribution in [0.4, 0.5) is 16.0 Å². The van der Waals surface area contributed by atoms with Crippen LogP contribution in [0.25, 0.3) is 11.0 Å². The summed E-state index contributed by atoms with van der Waals surface area (Å²) in [6.07, 6.45) is 3.76. The number of ketones is 1. The molecule has 1 aliphatic heterocycles. The number of halogens is 1. The van der Waals surface area contributed by atoms with Gasteiger partial charge >= 0.3 is 0 Å². The molecular formula is C28H30FN5O3. The van der Waals surface area contributed by atoms with Crippen LogP contribution in [0.2, 0.25) is 0 Å². The zero-order valence-electron chi connectivity index (χ0n) is 20.9. The number of carbonyl (C=O) groups is 1. The number of imidazole rings is 1. The second-order valence-corrected chi connectivity index (χ2v) is 9.50. The fourth-order valence-corrected chi connectivity index (χ4v) is 4.76. The minimum Gasteiger partial charge on any atom is -0.457 e. The third-order valence-corrected chi connectivity index (χ3v) is 6.71. The van der Waals surface area contributed by atoms with Gasteiger partial charge in [-0.15, -0.1) is 0 Å². The summed E-state index contributed by atoms with van der Waals surface area (Å²) in [6.45, 7) is 3.14. The van der Waals surface area contributed by atoms with Crippen LogP contribution in [0.3, 0.4) is 0 Å². The Balaban J connectivity index is 1.28. The van der Waals surface area contributed by atoms with Crippen molar-refractivity contribution >= 4 is 28.5 Å². The van der Waals surface area contributed by atoms with Gasteiger partial charge in [-0.2, -0.15) is 0 Å². The number of fused-ring (bicyclic) bond motifs is 1. The van der Waals surface area contributed by atoms with Gasteiger partial charge in [0.1, 0.15) is 17.3 Å². The van der Waals surface area contributed by atoms with Crippen molar-refractivity contribution in [3.05, 3.63) is 71.8 Å². The number of ether oxygens (including phenoxy) is 1. The van der Waals surface area contributed by atoms with Gasteiger partial charge in [0.2, 0.25) is 5.95 Å². The molecule has 4 aromatic rings. The number of benzene rings is 2. The lowest BCUT2D eigenvalue weighted by Gasteiger charge is -2.21. The van der Waals surface area contributed by atoms with E-state index in [-0.39, 0.29) is 30.7 Å². The number of nitrogens with one attached hydrogen (secondary N) is 1. The zero-order chi connectivity index (χ0) is 25.9. The van der Waals surface area contributed by atoms with E-state index >= 15 is 0 Å². The van der Waals surface area contributed by atoms with E-state index in [1.54, 1.807) is 30.5 Å². The summed E-state index contributed by atoms with van der Waals surface area (Å²) in [4.78, 5) is 23.6. The molecule has 8 nitrogen and oxygen atoms in total. The average Bonchev–Trinajstić information content (AvgIpc) is 3.44. The highest BCUT2D eigenvalue weighted by molar-refractivity contribution is 5.83. The van der Waals surface area contributed by atoms with E-state index in [0.29, 0.717) is 40.9 Å². The van der Waals surface area contributed by atoms with Crippen LogP contribution in [0.1, 0.15) is 24.1 Å². The van der Waals surface area contributed by atoms with Crippen molar-refractivity contribution in [2.24, 2.45) is 7.05 Å². The molecule has 37 heavy (non-hydrogen) atoms. The smallest absolute Gasteiger partial charge is 0.208 e. The summed E-state index contributed by atoms with van der Waals surface area (Å²) in [5.74, 6) is 1.39. The number of hydrogen-bond donors (Lipinski definition) is 2. The first kappa shape index (κ1) is 24.9. The lowest BCUT2D eigenvalue weighted by molar-refractivity contribution is -0.120. The Morgan fingerprint density at radius 3 is 2.86 bits per heavy atom. The molecule has 0 saturated carbocycles.